The average molecular weight is 267 g/mol. The minimum atomic E-state index is 0.277. The van der Waals surface area contributed by atoms with E-state index < -0.39 is 0 Å². The van der Waals surface area contributed by atoms with E-state index in [1.807, 2.05) is 18.2 Å². The van der Waals surface area contributed by atoms with Crippen molar-refractivity contribution in [1.82, 2.24) is 10.2 Å². The highest BCUT2D eigenvalue weighted by Gasteiger charge is 2.27. The lowest BCUT2D eigenvalue weighted by Gasteiger charge is -2.35. The van der Waals surface area contributed by atoms with Gasteiger partial charge in [-0.25, -0.2) is 0 Å². The van der Waals surface area contributed by atoms with Gasteiger partial charge < -0.3 is 10.1 Å². The van der Waals surface area contributed by atoms with Crippen LogP contribution < -0.4 is 10.1 Å². The van der Waals surface area contributed by atoms with Crippen molar-refractivity contribution >= 4 is 11.6 Å². The molecule has 4 heteroatoms. The van der Waals surface area contributed by atoms with Gasteiger partial charge in [-0.1, -0.05) is 11.6 Å². The number of halogens is 1. The topological polar surface area (TPSA) is 24.5 Å². The number of hydrogen-bond donors (Lipinski definition) is 1. The summed E-state index contributed by atoms with van der Waals surface area (Å²) in [5.74, 6) is 1.01. The van der Waals surface area contributed by atoms with Gasteiger partial charge in [0, 0.05) is 43.7 Å². The van der Waals surface area contributed by atoms with Crippen LogP contribution >= 0.6 is 11.6 Å². The van der Waals surface area contributed by atoms with E-state index in [0.717, 1.165) is 43.4 Å². The summed E-state index contributed by atoms with van der Waals surface area (Å²) in [4.78, 5) is 2.51. The summed E-state index contributed by atoms with van der Waals surface area (Å²) in [6.07, 6.45) is 1.26. The van der Waals surface area contributed by atoms with E-state index in [4.69, 9.17) is 16.3 Å². The monoisotopic (exact) mass is 266 g/mol. The van der Waals surface area contributed by atoms with Gasteiger partial charge >= 0.3 is 0 Å². The highest BCUT2D eigenvalue weighted by Crippen LogP contribution is 2.31. The maximum atomic E-state index is 6.01. The highest BCUT2D eigenvalue weighted by atomic mass is 35.5. The molecule has 2 atom stereocenters. The molecule has 0 radical (unpaired) electrons. The van der Waals surface area contributed by atoms with E-state index in [1.165, 1.54) is 5.56 Å². The Kier molecular flexibility index (Phi) is 3.46. The zero-order chi connectivity index (χ0) is 12.5. The molecule has 2 unspecified atom stereocenters. The van der Waals surface area contributed by atoms with Crippen molar-refractivity contribution < 1.29 is 4.74 Å². The van der Waals surface area contributed by atoms with Crippen LogP contribution in [-0.4, -0.2) is 43.2 Å². The number of hydrogen-bond acceptors (Lipinski definition) is 3. The number of nitrogens with zero attached hydrogens (tertiary/aromatic N) is 1. The predicted molar refractivity (Wildman–Crippen MR) is 73.5 cm³/mol. The molecule has 3 nitrogen and oxygen atoms in total. The summed E-state index contributed by atoms with van der Waals surface area (Å²) in [5.41, 5.74) is 1.25. The number of piperazine rings is 1. The first-order chi connectivity index (χ1) is 8.72. The predicted octanol–water partition coefficient (Wildman–Crippen LogP) is 1.94. The van der Waals surface area contributed by atoms with E-state index in [1.54, 1.807) is 0 Å². The Labute approximate surface area is 113 Å². The van der Waals surface area contributed by atoms with Crippen LogP contribution in [0.3, 0.4) is 0 Å². The fraction of sp³-hybridized carbons (Fsp3) is 0.571. The molecule has 1 fully saturated rings. The Morgan fingerprint density at radius 2 is 2.39 bits per heavy atom. The van der Waals surface area contributed by atoms with Crippen molar-refractivity contribution in [2.24, 2.45) is 0 Å². The largest absolute Gasteiger partial charge is 0.488 e. The van der Waals surface area contributed by atoms with E-state index in [2.05, 4.69) is 17.1 Å². The molecule has 0 bridgehead atoms. The molecule has 0 spiro atoms. The SMILES string of the molecule is CC1CNCCN1CC1Cc2cc(Cl)ccc2O1. The number of benzene rings is 1. The van der Waals surface area contributed by atoms with E-state index >= 15 is 0 Å². The van der Waals surface area contributed by atoms with E-state index in [-0.39, 0.29) is 6.10 Å². The summed E-state index contributed by atoms with van der Waals surface area (Å²) >= 11 is 6.01. The molecular formula is C14H19ClN2O. The van der Waals surface area contributed by atoms with Crippen molar-refractivity contribution in [1.29, 1.82) is 0 Å². The molecule has 2 aliphatic heterocycles. The van der Waals surface area contributed by atoms with Gasteiger partial charge in [-0.15, -0.1) is 0 Å². The van der Waals surface area contributed by atoms with Crippen molar-refractivity contribution in [2.75, 3.05) is 26.2 Å². The third-order valence-corrected chi connectivity index (χ3v) is 4.08. The van der Waals surface area contributed by atoms with Crippen LogP contribution in [0.1, 0.15) is 12.5 Å². The van der Waals surface area contributed by atoms with Gasteiger partial charge in [0.25, 0.3) is 0 Å². The van der Waals surface area contributed by atoms with Crippen LogP contribution in [0.5, 0.6) is 5.75 Å². The van der Waals surface area contributed by atoms with Gasteiger partial charge in [-0.05, 0) is 30.7 Å². The minimum Gasteiger partial charge on any atom is -0.488 e. The van der Waals surface area contributed by atoms with Crippen molar-refractivity contribution in [3.8, 4) is 5.75 Å². The summed E-state index contributed by atoms with van der Waals surface area (Å²) in [5, 5.41) is 4.21. The average Bonchev–Trinajstić information content (AvgIpc) is 2.73. The molecule has 0 aliphatic carbocycles. The number of rotatable bonds is 2. The number of ether oxygens (including phenoxy) is 1. The lowest BCUT2D eigenvalue weighted by molar-refractivity contribution is 0.106. The first-order valence-corrected chi connectivity index (χ1v) is 7.00. The first kappa shape index (κ1) is 12.3. The third-order valence-electron chi connectivity index (χ3n) is 3.84. The lowest BCUT2D eigenvalue weighted by atomic mass is 10.1. The van der Waals surface area contributed by atoms with E-state index in [0.29, 0.717) is 6.04 Å². The number of fused-ring (bicyclic) bond motifs is 1. The molecule has 1 aromatic carbocycles. The molecule has 18 heavy (non-hydrogen) atoms. The zero-order valence-corrected chi connectivity index (χ0v) is 11.4. The Hall–Kier alpha value is -0.770. The second-order valence-corrected chi connectivity index (χ2v) is 5.68. The van der Waals surface area contributed by atoms with Crippen molar-refractivity contribution in [3.05, 3.63) is 28.8 Å². The lowest BCUT2D eigenvalue weighted by Crippen LogP contribution is -2.52. The van der Waals surface area contributed by atoms with Gasteiger partial charge in [0.05, 0.1) is 0 Å². The standard InChI is InChI=1S/C14H19ClN2O/c1-10-8-16-4-5-17(10)9-13-7-11-6-12(15)2-3-14(11)18-13/h2-3,6,10,13,16H,4-5,7-9H2,1H3. The second kappa shape index (κ2) is 5.08. The highest BCUT2D eigenvalue weighted by molar-refractivity contribution is 6.30. The van der Waals surface area contributed by atoms with Gasteiger partial charge in [-0.2, -0.15) is 0 Å². The normalized spacial score (nSPS) is 27.9. The van der Waals surface area contributed by atoms with Crippen LogP contribution in [0.2, 0.25) is 5.02 Å². The fourth-order valence-electron chi connectivity index (χ4n) is 2.81. The molecule has 0 saturated carbocycles. The van der Waals surface area contributed by atoms with Crippen LogP contribution in [0, 0.1) is 0 Å². The van der Waals surface area contributed by atoms with Gasteiger partial charge in [-0.3, -0.25) is 4.90 Å². The maximum absolute atomic E-state index is 6.01. The molecule has 98 valence electrons. The third kappa shape index (κ3) is 2.48. The molecule has 1 saturated heterocycles. The summed E-state index contributed by atoms with van der Waals surface area (Å²) < 4.78 is 5.99. The Bertz CT molecular complexity index is 438. The fourth-order valence-corrected chi connectivity index (χ4v) is 3.00. The molecule has 3 rings (SSSR count). The zero-order valence-electron chi connectivity index (χ0n) is 10.7. The summed E-state index contributed by atoms with van der Waals surface area (Å²) in [6.45, 7) is 6.54. The molecular weight excluding hydrogens is 248 g/mol. The van der Waals surface area contributed by atoms with Crippen LogP contribution in [-0.2, 0) is 6.42 Å². The Morgan fingerprint density at radius 3 is 3.22 bits per heavy atom. The smallest absolute Gasteiger partial charge is 0.123 e. The van der Waals surface area contributed by atoms with Crippen LogP contribution in [0.15, 0.2) is 18.2 Å². The minimum absolute atomic E-state index is 0.277. The summed E-state index contributed by atoms with van der Waals surface area (Å²) in [7, 11) is 0. The molecule has 2 heterocycles. The van der Waals surface area contributed by atoms with Crippen molar-refractivity contribution in [3.63, 3.8) is 0 Å². The molecule has 0 amide bonds. The van der Waals surface area contributed by atoms with Crippen molar-refractivity contribution in [2.45, 2.75) is 25.5 Å². The van der Waals surface area contributed by atoms with Gasteiger partial charge in [0.1, 0.15) is 11.9 Å². The molecule has 2 aliphatic rings. The Balaban J connectivity index is 1.63. The number of nitrogens with one attached hydrogen (secondary N) is 1. The molecule has 1 N–H and O–H groups in total. The van der Waals surface area contributed by atoms with Crippen LogP contribution in [0.25, 0.3) is 0 Å². The molecule has 1 aromatic rings. The van der Waals surface area contributed by atoms with E-state index in [9.17, 15) is 0 Å². The maximum Gasteiger partial charge on any atom is 0.123 e. The second-order valence-electron chi connectivity index (χ2n) is 5.24. The Morgan fingerprint density at radius 1 is 1.50 bits per heavy atom. The van der Waals surface area contributed by atoms with Crippen LogP contribution in [0.4, 0.5) is 0 Å². The van der Waals surface area contributed by atoms with Gasteiger partial charge in [0.15, 0.2) is 0 Å². The molecule has 0 aromatic heterocycles. The first-order valence-electron chi connectivity index (χ1n) is 6.62. The summed E-state index contributed by atoms with van der Waals surface area (Å²) in [6, 6.07) is 6.50. The quantitative estimate of drug-likeness (QED) is 0.885. The van der Waals surface area contributed by atoms with Gasteiger partial charge in [0.2, 0.25) is 0 Å².